The minimum Gasteiger partial charge on any atom is -0.357 e. The molecule has 156 valence electrons. The lowest BCUT2D eigenvalue weighted by atomic mass is 9.88. The molecule has 0 aliphatic carbocycles. The molecule has 2 heterocycles. The monoisotopic (exact) mass is 379 g/mol. The highest BCUT2D eigenvalue weighted by Gasteiger charge is 2.32. The van der Waals surface area contributed by atoms with Gasteiger partial charge in [-0.1, -0.05) is 13.8 Å². The SMILES string of the molecule is CCNC(=NCC(C)(C)N1CC(C)CC(C)C1)NCCCN1CCCC1=O. The third kappa shape index (κ3) is 6.98. The van der Waals surface area contributed by atoms with Crippen LogP contribution >= 0.6 is 0 Å². The molecule has 1 amide bonds. The number of likely N-dealkylation sites (tertiary alicyclic amines) is 2. The Balaban J connectivity index is 1.81. The van der Waals surface area contributed by atoms with Crippen molar-refractivity contribution >= 4 is 11.9 Å². The highest BCUT2D eigenvalue weighted by atomic mass is 16.2. The van der Waals surface area contributed by atoms with Crippen molar-refractivity contribution in [3.05, 3.63) is 0 Å². The van der Waals surface area contributed by atoms with Gasteiger partial charge < -0.3 is 15.5 Å². The number of hydrogen-bond acceptors (Lipinski definition) is 3. The fourth-order valence-corrected chi connectivity index (χ4v) is 4.29. The van der Waals surface area contributed by atoms with E-state index in [1.165, 1.54) is 19.5 Å². The second kappa shape index (κ2) is 10.3. The number of nitrogens with zero attached hydrogens (tertiary/aromatic N) is 3. The Labute approximate surface area is 166 Å². The molecule has 0 aromatic carbocycles. The molecule has 6 heteroatoms. The van der Waals surface area contributed by atoms with E-state index in [1.807, 2.05) is 4.90 Å². The summed E-state index contributed by atoms with van der Waals surface area (Å²) in [5, 5.41) is 6.79. The molecule has 0 aromatic rings. The molecule has 0 saturated carbocycles. The van der Waals surface area contributed by atoms with Crippen molar-refractivity contribution in [3.8, 4) is 0 Å². The molecule has 2 atom stereocenters. The Hall–Kier alpha value is -1.30. The summed E-state index contributed by atoms with van der Waals surface area (Å²) in [5.74, 6) is 2.71. The number of amides is 1. The summed E-state index contributed by atoms with van der Waals surface area (Å²) in [4.78, 5) is 21.1. The molecule has 6 nitrogen and oxygen atoms in total. The first-order chi connectivity index (χ1) is 12.8. The van der Waals surface area contributed by atoms with Gasteiger partial charge in [0, 0.05) is 51.2 Å². The van der Waals surface area contributed by atoms with Gasteiger partial charge in [-0.15, -0.1) is 0 Å². The van der Waals surface area contributed by atoms with Gasteiger partial charge in [-0.05, 0) is 51.9 Å². The van der Waals surface area contributed by atoms with E-state index in [1.54, 1.807) is 0 Å². The molecule has 2 rings (SSSR count). The highest BCUT2D eigenvalue weighted by Crippen LogP contribution is 2.27. The third-order valence-electron chi connectivity index (χ3n) is 5.76. The van der Waals surface area contributed by atoms with Gasteiger partial charge in [0.1, 0.15) is 0 Å². The summed E-state index contributed by atoms with van der Waals surface area (Å²) in [6.07, 6.45) is 4.03. The van der Waals surface area contributed by atoms with Gasteiger partial charge in [0.05, 0.1) is 6.54 Å². The molecule has 2 fully saturated rings. The van der Waals surface area contributed by atoms with Gasteiger partial charge in [-0.3, -0.25) is 14.7 Å². The fourth-order valence-electron chi connectivity index (χ4n) is 4.29. The van der Waals surface area contributed by atoms with E-state index in [2.05, 4.69) is 50.2 Å². The van der Waals surface area contributed by atoms with Crippen molar-refractivity contribution in [1.29, 1.82) is 0 Å². The van der Waals surface area contributed by atoms with Gasteiger partial charge in [-0.25, -0.2) is 0 Å². The molecule has 0 aromatic heterocycles. The first-order valence-electron chi connectivity index (χ1n) is 10.9. The van der Waals surface area contributed by atoms with E-state index in [0.29, 0.717) is 5.91 Å². The summed E-state index contributed by atoms with van der Waals surface area (Å²) in [6.45, 7) is 18.0. The van der Waals surface area contributed by atoms with Gasteiger partial charge in [0.25, 0.3) is 0 Å². The van der Waals surface area contributed by atoms with Crippen LogP contribution in [-0.4, -0.2) is 73.0 Å². The van der Waals surface area contributed by atoms with Gasteiger partial charge in [0.15, 0.2) is 5.96 Å². The Kier molecular flexibility index (Phi) is 8.39. The maximum Gasteiger partial charge on any atom is 0.222 e. The summed E-state index contributed by atoms with van der Waals surface area (Å²) in [7, 11) is 0. The van der Waals surface area contributed by atoms with E-state index >= 15 is 0 Å². The predicted octanol–water partition coefficient (Wildman–Crippen LogP) is 2.31. The van der Waals surface area contributed by atoms with Crippen LogP contribution in [-0.2, 0) is 4.79 Å². The number of guanidine groups is 1. The second-order valence-electron chi connectivity index (χ2n) is 9.12. The fraction of sp³-hybridized carbons (Fsp3) is 0.905. The normalized spacial score (nSPS) is 25.1. The highest BCUT2D eigenvalue weighted by molar-refractivity contribution is 5.80. The van der Waals surface area contributed by atoms with Crippen molar-refractivity contribution in [2.75, 3.05) is 45.8 Å². The summed E-state index contributed by atoms with van der Waals surface area (Å²) < 4.78 is 0. The molecule has 2 aliphatic rings. The van der Waals surface area contributed by atoms with Crippen LogP contribution in [0, 0.1) is 11.8 Å². The van der Waals surface area contributed by atoms with Crippen LogP contribution in [0.2, 0.25) is 0 Å². The molecule has 27 heavy (non-hydrogen) atoms. The Morgan fingerprint density at radius 3 is 2.52 bits per heavy atom. The quantitative estimate of drug-likeness (QED) is 0.386. The Morgan fingerprint density at radius 1 is 1.22 bits per heavy atom. The van der Waals surface area contributed by atoms with Crippen LogP contribution in [0.5, 0.6) is 0 Å². The Morgan fingerprint density at radius 2 is 1.93 bits per heavy atom. The molecule has 2 unspecified atom stereocenters. The zero-order valence-corrected chi connectivity index (χ0v) is 18.2. The first-order valence-corrected chi connectivity index (χ1v) is 10.9. The number of hydrogen-bond donors (Lipinski definition) is 2. The molecule has 2 saturated heterocycles. The van der Waals surface area contributed by atoms with Crippen LogP contribution in [0.15, 0.2) is 4.99 Å². The first kappa shape index (κ1) is 22.0. The zero-order valence-electron chi connectivity index (χ0n) is 18.2. The summed E-state index contributed by atoms with van der Waals surface area (Å²) in [6, 6.07) is 0. The van der Waals surface area contributed by atoms with E-state index in [0.717, 1.165) is 69.8 Å². The third-order valence-corrected chi connectivity index (χ3v) is 5.76. The van der Waals surface area contributed by atoms with E-state index in [-0.39, 0.29) is 5.54 Å². The van der Waals surface area contributed by atoms with Gasteiger partial charge in [-0.2, -0.15) is 0 Å². The van der Waals surface area contributed by atoms with Crippen molar-refractivity contribution in [3.63, 3.8) is 0 Å². The second-order valence-corrected chi connectivity index (χ2v) is 9.12. The molecule has 2 N–H and O–H groups in total. The van der Waals surface area contributed by atoms with Crippen LogP contribution in [0.1, 0.15) is 60.3 Å². The number of carbonyl (C=O) groups is 1. The number of nitrogens with one attached hydrogen (secondary N) is 2. The summed E-state index contributed by atoms with van der Waals surface area (Å²) in [5.41, 5.74) is 0.0628. The maximum atomic E-state index is 11.7. The molecule has 0 radical (unpaired) electrons. The molecular weight excluding hydrogens is 338 g/mol. The zero-order chi connectivity index (χ0) is 19.9. The van der Waals surface area contributed by atoms with Gasteiger partial charge in [0.2, 0.25) is 5.91 Å². The number of aliphatic imine (C=N–C) groups is 1. The van der Waals surface area contributed by atoms with Crippen molar-refractivity contribution in [2.24, 2.45) is 16.8 Å². The average Bonchev–Trinajstić information content (AvgIpc) is 3.00. The largest absolute Gasteiger partial charge is 0.357 e. The van der Waals surface area contributed by atoms with Crippen LogP contribution in [0.3, 0.4) is 0 Å². The minimum atomic E-state index is 0.0628. The smallest absolute Gasteiger partial charge is 0.222 e. The standard InChI is InChI=1S/C21H41N5O/c1-6-22-20(23-10-8-12-25-11-7-9-19(25)27)24-16-21(4,5)26-14-17(2)13-18(3)15-26/h17-18H,6-16H2,1-5H3,(H2,22,23,24). The molecule has 2 aliphatic heterocycles. The van der Waals surface area contributed by atoms with Crippen molar-refractivity contribution in [2.45, 2.75) is 65.8 Å². The van der Waals surface area contributed by atoms with Crippen LogP contribution in [0.25, 0.3) is 0 Å². The van der Waals surface area contributed by atoms with E-state index in [9.17, 15) is 4.79 Å². The van der Waals surface area contributed by atoms with Crippen LogP contribution < -0.4 is 10.6 Å². The lowest BCUT2D eigenvalue weighted by Crippen LogP contribution is -2.53. The Bertz CT molecular complexity index is 495. The predicted molar refractivity (Wildman–Crippen MR) is 113 cm³/mol. The van der Waals surface area contributed by atoms with E-state index < -0.39 is 0 Å². The molecular formula is C21H41N5O. The number of piperidine rings is 1. The lowest BCUT2D eigenvalue weighted by Gasteiger charge is -2.44. The van der Waals surface area contributed by atoms with Crippen LogP contribution in [0.4, 0.5) is 0 Å². The topological polar surface area (TPSA) is 60.0 Å². The average molecular weight is 380 g/mol. The summed E-state index contributed by atoms with van der Waals surface area (Å²) >= 11 is 0. The number of carbonyl (C=O) groups excluding carboxylic acids is 1. The molecule has 0 spiro atoms. The van der Waals surface area contributed by atoms with Crippen molar-refractivity contribution in [1.82, 2.24) is 20.4 Å². The lowest BCUT2D eigenvalue weighted by molar-refractivity contribution is -0.127. The van der Waals surface area contributed by atoms with Crippen molar-refractivity contribution < 1.29 is 4.79 Å². The minimum absolute atomic E-state index is 0.0628. The number of rotatable bonds is 8. The van der Waals surface area contributed by atoms with E-state index in [4.69, 9.17) is 4.99 Å². The molecule has 0 bridgehead atoms. The maximum absolute atomic E-state index is 11.7. The van der Waals surface area contributed by atoms with Gasteiger partial charge >= 0.3 is 0 Å².